The number of H-pyrrole nitrogens is 2. The highest BCUT2D eigenvalue weighted by Crippen LogP contribution is 2.30. The van der Waals surface area contributed by atoms with Gasteiger partial charge in [0.2, 0.25) is 0 Å². The summed E-state index contributed by atoms with van der Waals surface area (Å²) in [5, 5.41) is 4.88. The van der Waals surface area contributed by atoms with E-state index in [4.69, 9.17) is 9.47 Å². The van der Waals surface area contributed by atoms with Crippen molar-refractivity contribution in [3.05, 3.63) is 72.3 Å². The minimum atomic E-state index is -0.373. The van der Waals surface area contributed by atoms with Gasteiger partial charge in [0.15, 0.2) is 0 Å². The second-order valence-electron chi connectivity index (χ2n) is 11.7. The molecule has 0 saturated carbocycles. The number of rotatable bonds is 13. The second kappa shape index (κ2) is 15.2. The van der Waals surface area contributed by atoms with Crippen molar-refractivity contribution >= 4 is 47.7 Å². The molecule has 2 aliphatic rings. The number of carbonyl (C=O) groups excluding carboxylic acids is 4. The number of nitrogens with zero attached hydrogens (tertiary/aromatic N) is 1. The fourth-order valence-corrected chi connectivity index (χ4v) is 6.49. The minimum absolute atomic E-state index is 0.150. The zero-order chi connectivity index (χ0) is 34.4. The molecule has 0 radical (unpaired) electrons. The molecule has 0 atom stereocenters. The van der Waals surface area contributed by atoms with Gasteiger partial charge in [0.25, 0.3) is 11.8 Å². The Balaban J connectivity index is 1.73. The monoisotopic (exact) mass is 642 g/mol. The van der Waals surface area contributed by atoms with Gasteiger partial charge in [-0.05, 0) is 91.2 Å². The first kappa shape index (κ1) is 35.1. The Morgan fingerprint density at radius 3 is 1.87 bits per heavy atom. The number of nitrogens with one attached hydrogen (secondary N) is 3. The van der Waals surface area contributed by atoms with Crippen LogP contribution >= 0.6 is 0 Å². The molecule has 0 spiro atoms. The SMILES string of the molecule is CCC1=C(CCOC(C)=O)C(=O)N=C1/C=c1/[nH]/c(=C\c2[nH]c(/C=C3/NC(=O)C(CCOC(C)=O)=C3CC)c(C)c2CC)c(CC)c1C. The number of ether oxygens (including phenoxy) is 2. The van der Waals surface area contributed by atoms with Gasteiger partial charge in [-0.25, -0.2) is 4.99 Å². The van der Waals surface area contributed by atoms with Gasteiger partial charge in [-0.3, -0.25) is 19.2 Å². The molecule has 3 N–H and O–H groups in total. The van der Waals surface area contributed by atoms with E-state index in [2.05, 4.69) is 54.0 Å². The molecule has 0 saturated heterocycles. The molecule has 0 unspecified atom stereocenters. The highest BCUT2D eigenvalue weighted by Gasteiger charge is 2.27. The van der Waals surface area contributed by atoms with Crippen molar-refractivity contribution in [3.8, 4) is 0 Å². The lowest BCUT2D eigenvalue weighted by atomic mass is 10.0. The lowest BCUT2D eigenvalue weighted by Gasteiger charge is -2.05. The number of aromatic nitrogens is 2. The third-order valence-electron chi connectivity index (χ3n) is 8.85. The topological polar surface area (TPSA) is 143 Å². The van der Waals surface area contributed by atoms with Crippen LogP contribution in [0, 0.1) is 13.8 Å². The normalized spacial score (nSPS) is 16.6. The maximum absolute atomic E-state index is 12.8. The maximum Gasteiger partial charge on any atom is 0.302 e. The van der Waals surface area contributed by atoms with Crippen molar-refractivity contribution < 1.29 is 28.7 Å². The molecule has 10 nitrogen and oxygen atoms in total. The Labute approximate surface area is 275 Å². The molecule has 4 heterocycles. The van der Waals surface area contributed by atoms with Crippen LogP contribution in [-0.4, -0.2) is 52.6 Å². The van der Waals surface area contributed by atoms with Crippen LogP contribution in [0.1, 0.15) is 101 Å². The summed E-state index contributed by atoms with van der Waals surface area (Å²) in [4.78, 5) is 59.6. The first-order valence-electron chi connectivity index (χ1n) is 16.4. The number of hydrogen-bond donors (Lipinski definition) is 3. The first-order chi connectivity index (χ1) is 22.4. The van der Waals surface area contributed by atoms with E-state index in [1.807, 2.05) is 26.0 Å². The van der Waals surface area contributed by atoms with E-state index in [9.17, 15) is 19.2 Å². The summed E-state index contributed by atoms with van der Waals surface area (Å²) < 4.78 is 10.2. The van der Waals surface area contributed by atoms with Crippen molar-refractivity contribution in [3.63, 3.8) is 0 Å². The third kappa shape index (κ3) is 7.64. The molecule has 0 aliphatic carbocycles. The van der Waals surface area contributed by atoms with Gasteiger partial charge in [-0.1, -0.05) is 27.7 Å². The van der Waals surface area contributed by atoms with Gasteiger partial charge in [0.05, 0.1) is 18.9 Å². The van der Waals surface area contributed by atoms with Crippen LogP contribution in [0.4, 0.5) is 0 Å². The van der Waals surface area contributed by atoms with Crippen molar-refractivity contribution in [2.75, 3.05) is 13.2 Å². The first-order valence-corrected chi connectivity index (χ1v) is 16.4. The number of aliphatic imine (C=N–C) groups is 1. The lowest BCUT2D eigenvalue weighted by molar-refractivity contribution is -0.141. The van der Waals surface area contributed by atoms with E-state index in [1.54, 1.807) is 0 Å². The van der Waals surface area contributed by atoms with Crippen molar-refractivity contribution in [2.24, 2.45) is 4.99 Å². The predicted octanol–water partition coefficient (Wildman–Crippen LogP) is 4.47. The summed E-state index contributed by atoms with van der Waals surface area (Å²) in [5.41, 5.74) is 10.9. The molecule has 47 heavy (non-hydrogen) atoms. The van der Waals surface area contributed by atoms with Crippen molar-refractivity contribution in [2.45, 2.75) is 93.9 Å². The van der Waals surface area contributed by atoms with Gasteiger partial charge >= 0.3 is 11.9 Å². The Hall–Kier alpha value is -4.73. The molecular weight excluding hydrogens is 596 g/mol. The highest BCUT2D eigenvalue weighted by molar-refractivity contribution is 6.31. The van der Waals surface area contributed by atoms with Gasteiger partial charge in [-0.15, -0.1) is 0 Å². The zero-order valence-electron chi connectivity index (χ0n) is 28.8. The molecule has 0 aromatic carbocycles. The van der Waals surface area contributed by atoms with E-state index in [1.165, 1.54) is 25.0 Å². The molecule has 0 fully saturated rings. The molecule has 250 valence electrons. The minimum Gasteiger partial charge on any atom is -0.466 e. The number of esters is 2. The fraction of sp³-hybridized carbons (Fsp3) is 0.432. The molecule has 2 aromatic heterocycles. The number of allylic oxidation sites excluding steroid dienone is 2. The number of carbonyl (C=O) groups is 4. The third-order valence-corrected chi connectivity index (χ3v) is 8.85. The molecule has 2 aliphatic heterocycles. The van der Waals surface area contributed by atoms with E-state index in [0.29, 0.717) is 42.5 Å². The maximum atomic E-state index is 12.8. The highest BCUT2D eigenvalue weighted by atomic mass is 16.5. The molecule has 4 rings (SSSR count). The largest absolute Gasteiger partial charge is 0.466 e. The number of amides is 2. The summed E-state index contributed by atoms with van der Waals surface area (Å²) >= 11 is 0. The van der Waals surface area contributed by atoms with Crippen LogP contribution in [0.5, 0.6) is 0 Å². The Morgan fingerprint density at radius 1 is 0.681 bits per heavy atom. The van der Waals surface area contributed by atoms with E-state index in [0.717, 1.165) is 62.9 Å². The average molecular weight is 643 g/mol. The Kier molecular flexibility index (Phi) is 11.4. The van der Waals surface area contributed by atoms with Crippen LogP contribution in [0.2, 0.25) is 0 Å². The fourth-order valence-electron chi connectivity index (χ4n) is 6.49. The van der Waals surface area contributed by atoms with Gasteiger partial charge in [0.1, 0.15) is 0 Å². The average Bonchev–Trinajstić information content (AvgIpc) is 3.69. The Morgan fingerprint density at radius 2 is 1.30 bits per heavy atom. The smallest absolute Gasteiger partial charge is 0.302 e. The van der Waals surface area contributed by atoms with Gasteiger partial charge in [0, 0.05) is 65.6 Å². The molecule has 0 bridgehead atoms. The Bertz CT molecular complexity index is 1860. The van der Waals surface area contributed by atoms with E-state index < -0.39 is 0 Å². The van der Waals surface area contributed by atoms with Crippen LogP contribution in [0.3, 0.4) is 0 Å². The lowest BCUT2D eigenvalue weighted by Crippen LogP contribution is -2.17. The quantitative estimate of drug-likeness (QED) is 0.275. The molecule has 10 heteroatoms. The van der Waals surface area contributed by atoms with E-state index in [-0.39, 0.29) is 37.0 Å². The van der Waals surface area contributed by atoms with Gasteiger partial charge in [-0.2, -0.15) is 0 Å². The second-order valence-corrected chi connectivity index (χ2v) is 11.7. The van der Waals surface area contributed by atoms with Crippen LogP contribution in [-0.2, 0) is 41.5 Å². The summed E-state index contributed by atoms with van der Waals surface area (Å²) in [5.74, 6) is -1.17. The summed E-state index contributed by atoms with van der Waals surface area (Å²) in [7, 11) is 0. The van der Waals surface area contributed by atoms with Crippen molar-refractivity contribution in [1.82, 2.24) is 15.3 Å². The van der Waals surface area contributed by atoms with Gasteiger partial charge < -0.3 is 24.8 Å². The standard InChI is InChI=1S/C37H46N4O6/c1-9-24-20(5)30(17-34-26(11-3)28(36(44)40-34)13-15-46-22(7)42)38-32(24)19-33-25(10-2)21(6)31(39-33)18-35-27(12-4)29(37(45)41-35)14-16-47-23(8)43/h17-19,38-39H,9-16H2,1-8H3,(H,40,44)/b31-18+,33-19-,34-17+. The number of hydrogen-bond acceptors (Lipinski definition) is 6. The predicted molar refractivity (Wildman–Crippen MR) is 183 cm³/mol. The van der Waals surface area contributed by atoms with E-state index >= 15 is 0 Å². The summed E-state index contributed by atoms with van der Waals surface area (Å²) in [6.07, 6.45) is 9.70. The number of aromatic amines is 2. The molecular formula is C37H46N4O6. The van der Waals surface area contributed by atoms with Crippen LogP contribution < -0.4 is 16.0 Å². The zero-order valence-corrected chi connectivity index (χ0v) is 28.8. The summed E-state index contributed by atoms with van der Waals surface area (Å²) in [6.45, 7) is 15.4. The van der Waals surface area contributed by atoms with Crippen LogP contribution in [0.15, 0.2) is 33.0 Å². The summed E-state index contributed by atoms with van der Waals surface area (Å²) in [6, 6.07) is 0. The molecule has 2 amide bonds. The van der Waals surface area contributed by atoms with Crippen LogP contribution in [0.25, 0.3) is 18.2 Å². The molecule has 2 aromatic rings. The van der Waals surface area contributed by atoms with Crippen molar-refractivity contribution in [1.29, 1.82) is 0 Å².